The molecule has 0 radical (unpaired) electrons. The average Bonchev–Trinajstić information content (AvgIpc) is 3.53. The van der Waals surface area contributed by atoms with Gasteiger partial charge in [-0.2, -0.15) is 0 Å². The number of carbonyl (C=O) groups is 2. The molecule has 2 amide bonds. The van der Waals surface area contributed by atoms with Gasteiger partial charge in [-0.05, 0) is 71.3 Å². The van der Waals surface area contributed by atoms with E-state index in [9.17, 15) is 9.59 Å². The van der Waals surface area contributed by atoms with Crippen molar-refractivity contribution in [1.29, 1.82) is 0 Å². The van der Waals surface area contributed by atoms with Gasteiger partial charge in [0.05, 0.1) is 0 Å². The molecule has 6 nitrogen and oxygen atoms in total. The second-order valence-corrected chi connectivity index (χ2v) is 8.91. The minimum absolute atomic E-state index is 0.0391. The Bertz CT molecular complexity index is 1240. The summed E-state index contributed by atoms with van der Waals surface area (Å²) in [4.78, 5) is 24.4. The number of carbonyl (C=O) groups excluding carboxylic acids is 2. The number of benzene rings is 3. The molecule has 1 aliphatic carbocycles. The second kappa shape index (κ2) is 9.21. The van der Waals surface area contributed by atoms with Crippen LogP contribution in [-0.4, -0.2) is 18.6 Å². The van der Waals surface area contributed by atoms with Crippen LogP contribution in [0.5, 0.6) is 11.5 Å². The zero-order chi connectivity index (χ0) is 23.7. The number of aryl methyl sites for hydroxylation is 1. The number of rotatable bonds is 7. The van der Waals surface area contributed by atoms with Crippen molar-refractivity contribution in [1.82, 2.24) is 5.32 Å². The van der Waals surface area contributed by atoms with Gasteiger partial charge in [0.15, 0.2) is 11.5 Å². The number of amides is 2. The lowest BCUT2D eigenvalue weighted by atomic mass is 9.98. The monoisotopic (exact) mass is 456 g/mol. The molecule has 1 fully saturated rings. The lowest BCUT2D eigenvalue weighted by molar-refractivity contribution is -0.121. The summed E-state index contributed by atoms with van der Waals surface area (Å²) in [6.07, 6.45) is 1.31. The van der Waals surface area contributed by atoms with Gasteiger partial charge in [-0.25, -0.2) is 0 Å². The molecule has 34 heavy (non-hydrogen) atoms. The zero-order valence-corrected chi connectivity index (χ0v) is 19.4. The highest BCUT2D eigenvalue weighted by Gasteiger charge is 2.44. The van der Waals surface area contributed by atoms with Crippen molar-refractivity contribution < 1.29 is 19.1 Å². The highest BCUT2D eigenvalue weighted by atomic mass is 16.7. The number of nitrogens with one attached hydrogen (secondary N) is 2. The van der Waals surface area contributed by atoms with E-state index in [-0.39, 0.29) is 30.4 Å². The van der Waals surface area contributed by atoms with Crippen LogP contribution in [-0.2, 0) is 16.1 Å². The largest absolute Gasteiger partial charge is 0.454 e. The Morgan fingerprint density at radius 1 is 0.971 bits per heavy atom. The lowest BCUT2D eigenvalue weighted by Crippen LogP contribution is -2.21. The van der Waals surface area contributed by atoms with Crippen molar-refractivity contribution in [2.24, 2.45) is 5.92 Å². The summed E-state index contributed by atoms with van der Waals surface area (Å²) in [6.45, 7) is 4.68. The number of fused-ring (bicyclic) bond motifs is 1. The maximum atomic E-state index is 12.9. The van der Waals surface area contributed by atoms with Crippen molar-refractivity contribution >= 4 is 17.5 Å². The summed E-state index contributed by atoms with van der Waals surface area (Å²) in [7, 11) is 0. The molecular weight excluding hydrogens is 428 g/mol. The van der Waals surface area contributed by atoms with Gasteiger partial charge in [-0.15, -0.1) is 0 Å². The predicted octanol–water partition coefficient (Wildman–Crippen LogP) is 5.16. The van der Waals surface area contributed by atoms with Crippen molar-refractivity contribution in [3.05, 3.63) is 77.4 Å². The number of hydrogen-bond acceptors (Lipinski definition) is 4. The van der Waals surface area contributed by atoms with Crippen molar-refractivity contribution in [2.45, 2.75) is 39.2 Å². The number of anilines is 1. The maximum absolute atomic E-state index is 12.9. The molecule has 1 heterocycles. The fourth-order valence-corrected chi connectivity index (χ4v) is 4.37. The molecule has 2 unspecified atom stereocenters. The molecular formula is C28H28N2O4. The van der Waals surface area contributed by atoms with E-state index in [1.54, 1.807) is 0 Å². The van der Waals surface area contributed by atoms with Crippen LogP contribution in [0.1, 0.15) is 42.4 Å². The molecule has 6 heteroatoms. The molecule has 1 saturated carbocycles. The molecule has 5 rings (SSSR count). The van der Waals surface area contributed by atoms with Gasteiger partial charge in [0.2, 0.25) is 18.6 Å². The van der Waals surface area contributed by atoms with Gasteiger partial charge in [-0.1, -0.05) is 43.3 Å². The van der Waals surface area contributed by atoms with Gasteiger partial charge in [0, 0.05) is 24.6 Å². The van der Waals surface area contributed by atoms with E-state index in [2.05, 4.69) is 29.7 Å². The summed E-state index contributed by atoms with van der Waals surface area (Å²) in [5, 5.41) is 6.00. The molecule has 2 N–H and O–H groups in total. The molecule has 0 aromatic heterocycles. The Labute approximate surface area is 199 Å². The van der Waals surface area contributed by atoms with Crippen molar-refractivity contribution in [2.75, 3.05) is 12.1 Å². The SMILES string of the molecule is CCC(=O)NCc1ccc(-c2cc(NC(=O)C3CC3c3ccc4c(c3)OCO4)ccc2C)cc1. The third kappa shape index (κ3) is 4.62. The molecule has 0 bridgehead atoms. The summed E-state index contributed by atoms with van der Waals surface area (Å²) < 4.78 is 10.8. The minimum atomic E-state index is -0.0391. The summed E-state index contributed by atoms with van der Waals surface area (Å²) in [5.41, 5.74) is 6.24. The number of ether oxygens (including phenoxy) is 2. The molecule has 3 aromatic carbocycles. The first-order valence-electron chi connectivity index (χ1n) is 11.7. The van der Waals surface area contributed by atoms with Crippen molar-refractivity contribution in [3.8, 4) is 22.6 Å². The van der Waals surface area contributed by atoms with E-state index in [1.807, 2.05) is 55.5 Å². The van der Waals surface area contributed by atoms with Crippen LogP contribution in [0.15, 0.2) is 60.7 Å². The van der Waals surface area contributed by atoms with E-state index in [0.29, 0.717) is 13.0 Å². The maximum Gasteiger partial charge on any atom is 0.231 e. The Balaban J connectivity index is 1.24. The highest BCUT2D eigenvalue weighted by Crippen LogP contribution is 2.50. The molecule has 3 aromatic rings. The van der Waals surface area contributed by atoms with Crippen LogP contribution in [0, 0.1) is 12.8 Å². The van der Waals surface area contributed by atoms with Gasteiger partial charge >= 0.3 is 0 Å². The molecule has 1 aliphatic heterocycles. The normalized spacial score (nSPS) is 17.8. The van der Waals surface area contributed by atoms with Crippen LogP contribution in [0.3, 0.4) is 0 Å². The number of hydrogen-bond donors (Lipinski definition) is 2. The topological polar surface area (TPSA) is 76.7 Å². The van der Waals surface area contributed by atoms with Gasteiger partial charge in [0.25, 0.3) is 0 Å². The highest BCUT2D eigenvalue weighted by molar-refractivity contribution is 5.96. The third-order valence-corrected chi connectivity index (χ3v) is 6.53. The van der Waals surface area contributed by atoms with Crippen LogP contribution >= 0.6 is 0 Å². The van der Waals surface area contributed by atoms with E-state index >= 15 is 0 Å². The zero-order valence-electron chi connectivity index (χ0n) is 19.4. The molecule has 174 valence electrons. The molecule has 0 spiro atoms. The predicted molar refractivity (Wildman–Crippen MR) is 131 cm³/mol. The van der Waals surface area contributed by atoms with Crippen LogP contribution in [0.2, 0.25) is 0 Å². The van der Waals surface area contributed by atoms with Crippen LogP contribution in [0.25, 0.3) is 11.1 Å². The van der Waals surface area contributed by atoms with Gasteiger partial charge in [-0.3, -0.25) is 9.59 Å². The standard InChI is InChI=1S/C28H28N2O4/c1-3-27(31)29-15-18-5-7-19(8-6-18)22-13-21(10-4-17(22)2)30-28(32)24-14-23(24)20-9-11-25-26(12-20)34-16-33-25/h4-13,23-24H,3,14-16H2,1-2H3,(H,29,31)(H,30,32). The first-order chi connectivity index (χ1) is 16.5. The van der Waals surface area contributed by atoms with Crippen LogP contribution < -0.4 is 20.1 Å². The second-order valence-electron chi connectivity index (χ2n) is 8.91. The van der Waals surface area contributed by atoms with E-state index < -0.39 is 0 Å². The minimum Gasteiger partial charge on any atom is -0.454 e. The van der Waals surface area contributed by atoms with E-state index in [1.165, 1.54) is 0 Å². The third-order valence-electron chi connectivity index (χ3n) is 6.53. The lowest BCUT2D eigenvalue weighted by Gasteiger charge is -2.12. The fraction of sp³-hybridized carbons (Fsp3) is 0.286. The Morgan fingerprint density at radius 3 is 2.56 bits per heavy atom. The van der Waals surface area contributed by atoms with Gasteiger partial charge in [0.1, 0.15) is 0 Å². The first-order valence-corrected chi connectivity index (χ1v) is 11.7. The summed E-state index contributed by atoms with van der Waals surface area (Å²) in [5.74, 6) is 1.77. The Morgan fingerprint density at radius 2 is 1.76 bits per heavy atom. The first kappa shape index (κ1) is 22.0. The molecule has 2 aliphatic rings. The Hall–Kier alpha value is -3.80. The Kier molecular flexibility index (Phi) is 5.97. The fourth-order valence-electron chi connectivity index (χ4n) is 4.37. The van der Waals surface area contributed by atoms with Crippen LogP contribution in [0.4, 0.5) is 5.69 Å². The molecule has 2 atom stereocenters. The molecule has 0 saturated heterocycles. The van der Waals surface area contributed by atoms with E-state index in [4.69, 9.17) is 9.47 Å². The van der Waals surface area contributed by atoms with Crippen molar-refractivity contribution in [3.63, 3.8) is 0 Å². The quantitative estimate of drug-likeness (QED) is 0.515. The smallest absolute Gasteiger partial charge is 0.231 e. The van der Waals surface area contributed by atoms with Gasteiger partial charge < -0.3 is 20.1 Å². The average molecular weight is 457 g/mol. The summed E-state index contributed by atoms with van der Waals surface area (Å²) >= 11 is 0. The van der Waals surface area contributed by atoms with E-state index in [0.717, 1.165) is 51.4 Å². The summed E-state index contributed by atoms with van der Waals surface area (Å²) in [6, 6.07) is 20.1.